The van der Waals surface area contributed by atoms with Crippen LogP contribution in [0.25, 0.3) is 0 Å². The van der Waals surface area contributed by atoms with Crippen LogP contribution < -0.4 is 10.6 Å². The molecule has 2 N–H and O–H groups in total. The van der Waals surface area contributed by atoms with Crippen LogP contribution in [0.2, 0.25) is 0 Å². The Labute approximate surface area is 112 Å². The van der Waals surface area contributed by atoms with Crippen LogP contribution in [0.4, 0.5) is 8.78 Å². The second kappa shape index (κ2) is 7.19. The van der Waals surface area contributed by atoms with Gasteiger partial charge in [-0.3, -0.25) is 4.79 Å². The molecule has 0 aliphatic heterocycles. The van der Waals surface area contributed by atoms with Crippen LogP contribution >= 0.6 is 0 Å². The molecule has 0 saturated carbocycles. The zero-order chi connectivity index (χ0) is 14.4. The van der Waals surface area contributed by atoms with E-state index in [1.165, 1.54) is 6.07 Å². The lowest BCUT2D eigenvalue weighted by Crippen LogP contribution is -2.35. The third kappa shape index (κ3) is 4.59. The highest BCUT2D eigenvalue weighted by Gasteiger charge is 2.13. The average Bonchev–Trinajstić information content (AvgIpc) is 2.37. The normalized spacial score (nSPS) is 12.5. The number of benzene rings is 1. The van der Waals surface area contributed by atoms with E-state index in [4.69, 9.17) is 0 Å². The highest BCUT2D eigenvalue weighted by molar-refractivity contribution is 5.77. The first kappa shape index (κ1) is 15.6. The minimum atomic E-state index is -0.848. The fourth-order valence-corrected chi connectivity index (χ4v) is 1.64. The van der Waals surface area contributed by atoms with E-state index in [9.17, 15) is 13.6 Å². The van der Waals surface area contributed by atoms with Crippen LogP contribution in [-0.4, -0.2) is 19.0 Å². The molecule has 1 atom stereocenters. The van der Waals surface area contributed by atoms with Gasteiger partial charge in [-0.05, 0) is 13.0 Å². The van der Waals surface area contributed by atoms with Gasteiger partial charge < -0.3 is 10.6 Å². The molecule has 0 aliphatic carbocycles. The highest BCUT2D eigenvalue weighted by Crippen LogP contribution is 2.18. The van der Waals surface area contributed by atoms with Gasteiger partial charge in [-0.25, -0.2) is 8.78 Å². The van der Waals surface area contributed by atoms with E-state index >= 15 is 0 Å². The van der Waals surface area contributed by atoms with Crippen molar-refractivity contribution in [3.8, 4) is 0 Å². The predicted molar refractivity (Wildman–Crippen MR) is 70.6 cm³/mol. The van der Waals surface area contributed by atoms with Gasteiger partial charge in [0.25, 0.3) is 0 Å². The lowest BCUT2D eigenvalue weighted by atomic mass is 10.1. The standard InChI is InChI=1S/C14H20F2N2O/c1-9(2)14(19)18-8-7-17-10(3)11-5-4-6-12(15)13(11)16/h4-6,9-10,17H,7-8H2,1-3H3,(H,18,19). The van der Waals surface area contributed by atoms with Crippen molar-refractivity contribution >= 4 is 5.91 Å². The average molecular weight is 270 g/mol. The van der Waals surface area contributed by atoms with E-state index in [-0.39, 0.29) is 23.4 Å². The molecule has 0 fully saturated rings. The van der Waals surface area contributed by atoms with Crippen molar-refractivity contribution in [3.63, 3.8) is 0 Å². The maximum Gasteiger partial charge on any atom is 0.222 e. The third-order valence-corrected chi connectivity index (χ3v) is 2.85. The first-order chi connectivity index (χ1) is 8.93. The van der Waals surface area contributed by atoms with Crippen molar-refractivity contribution in [2.45, 2.75) is 26.8 Å². The minimum absolute atomic E-state index is 0.0219. The summed E-state index contributed by atoms with van der Waals surface area (Å²) in [6.45, 7) is 6.33. The van der Waals surface area contributed by atoms with Gasteiger partial charge in [-0.15, -0.1) is 0 Å². The number of hydrogen-bond acceptors (Lipinski definition) is 2. The van der Waals surface area contributed by atoms with E-state index in [0.717, 1.165) is 6.07 Å². The van der Waals surface area contributed by atoms with Gasteiger partial charge in [0.15, 0.2) is 11.6 Å². The molecule has 19 heavy (non-hydrogen) atoms. The smallest absolute Gasteiger partial charge is 0.222 e. The van der Waals surface area contributed by atoms with Crippen LogP contribution in [0.1, 0.15) is 32.4 Å². The summed E-state index contributed by atoms with van der Waals surface area (Å²) in [5.74, 6) is -1.75. The Bertz CT molecular complexity index is 435. The summed E-state index contributed by atoms with van der Waals surface area (Å²) >= 11 is 0. The van der Waals surface area contributed by atoms with Crippen molar-refractivity contribution in [1.82, 2.24) is 10.6 Å². The predicted octanol–water partition coefficient (Wildman–Crippen LogP) is 2.39. The van der Waals surface area contributed by atoms with Gasteiger partial charge >= 0.3 is 0 Å². The monoisotopic (exact) mass is 270 g/mol. The van der Waals surface area contributed by atoms with E-state index in [2.05, 4.69) is 10.6 Å². The summed E-state index contributed by atoms with van der Waals surface area (Å²) in [5, 5.41) is 5.79. The summed E-state index contributed by atoms with van der Waals surface area (Å²) < 4.78 is 26.6. The Hall–Kier alpha value is -1.49. The number of rotatable bonds is 6. The molecule has 1 amide bonds. The minimum Gasteiger partial charge on any atom is -0.355 e. The molecule has 106 valence electrons. The van der Waals surface area contributed by atoms with E-state index in [0.29, 0.717) is 13.1 Å². The maximum absolute atomic E-state index is 13.5. The Morgan fingerprint density at radius 3 is 2.53 bits per heavy atom. The van der Waals surface area contributed by atoms with E-state index in [1.54, 1.807) is 13.0 Å². The number of nitrogens with one attached hydrogen (secondary N) is 2. The van der Waals surface area contributed by atoms with Crippen LogP contribution in [0.3, 0.4) is 0 Å². The molecule has 1 aromatic carbocycles. The molecule has 0 heterocycles. The molecule has 1 unspecified atom stereocenters. The number of carbonyl (C=O) groups is 1. The Balaban J connectivity index is 2.41. The first-order valence-electron chi connectivity index (χ1n) is 6.38. The zero-order valence-corrected chi connectivity index (χ0v) is 11.5. The van der Waals surface area contributed by atoms with Crippen molar-refractivity contribution < 1.29 is 13.6 Å². The van der Waals surface area contributed by atoms with E-state index < -0.39 is 11.6 Å². The van der Waals surface area contributed by atoms with Gasteiger partial charge in [0.1, 0.15) is 0 Å². The van der Waals surface area contributed by atoms with Crippen molar-refractivity contribution in [1.29, 1.82) is 0 Å². The Morgan fingerprint density at radius 1 is 1.21 bits per heavy atom. The molecule has 0 saturated heterocycles. The maximum atomic E-state index is 13.5. The van der Waals surface area contributed by atoms with Gasteiger partial charge in [0.2, 0.25) is 5.91 Å². The summed E-state index contributed by atoms with van der Waals surface area (Å²) in [5.41, 5.74) is 0.287. The molecule has 0 aromatic heterocycles. The second-order valence-corrected chi connectivity index (χ2v) is 4.76. The highest BCUT2D eigenvalue weighted by atomic mass is 19.2. The Morgan fingerprint density at radius 2 is 1.89 bits per heavy atom. The molecule has 3 nitrogen and oxygen atoms in total. The molecule has 5 heteroatoms. The number of hydrogen-bond donors (Lipinski definition) is 2. The molecule has 0 radical (unpaired) electrons. The van der Waals surface area contributed by atoms with Crippen molar-refractivity contribution in [2.24, 2.45) is 5.92 Å². The zero-order valence-electron chi connectivity index (χ0n) is 11.5. The SMILES string of the molecule is CC(C)C(=O)NCCNC(C)c1cccc(F)c1F. The van der Waals surface area contributed by atoms with Crippen LogP contribution in [-0.2, 0) is 4.79 Å². The lowest BCUT2D eigenvalue weighted by molar-refractivity contribution is -0.123. The van der Waals surface area contributed by atoms with Crippen LogP contribution in [0.5, 0.6) is 0 Å². The Kier molecular flexibility index (Phi) is 5.89. The van der Waals surface area contributed by atoms with Gasteiger partial charge in [0.05, 0.1) is 0 Å². The molecule has 0 bridgehead atoms. The second-order valence-electron chi connectivity index (χ2n) is 4.76. The first-order valence-corrected chi connectivity index (χ1v) is 6.38. The topological polar surface area (TPSA) is 41.1 Å². The number of amides is 1. The number of carbonyl (C=O) groups excluding carboxylic acids is 1. The fourth-order valence-electron chi connectivity index (χ4n) is 1.64. The third-order valence-electron chi connectivity index (χ3n) is 2.85. The summed E-state index contributed by atoms with van der Waals surface area (Å²) in [7, 11) is 0. The van der Waals surface area contributed by atoms with E-state index in [1.807, 2.05) is 13.8 Å². The quantitative estimate of drug-likeness (QED) is 0.779. The van der Waals surface area contributed by atoms with Crippen molar-refractivity contribution in [2.75, 3.05) is 13.1 Å². The lowest BCUT2D eigenvalue weighted by Gasteiger charge is -2.16. The number of halogens is 2. The van der Waals surface area contributed by atoms with Gasteiger partial charge in [0, 0.05) is 30.6 Å². The molecular weight excluding hydrogens is 250 g/mol. The van der Waals surface area contributed by atoms with Crippen LogP contribution in [0, 0.1) is 17.6 Å². The van der Waals surface area contributed by atoms with Gasteiger partial charge in [-0.1, -0.05) is 26.0 Å². The molecule has 0 aliphatic rings. The largest absolute Gasteiger partial charge is 0.355 e. The molecule has 0 spiro atoms. The molecular formula is C14H20F2N2O. The molecule has 1 aromatic rings. The fraction of sp³-hybridized carbons (Fsp3) is 0.500. The summed E-state index contributed by atoms with van der Waals surface area (Å²) in [4.78, 5) is 11.3. The van der Waals surface area contributed by atoms with Crippen molar-refractivity contribution in [3.05, 3.63) is 35.4 Å². The van der Waals surface area contributed by atoms with Crippen LogP contribution in [0.15, 0.2) is 18.2 Å². The van der Waals surface area contributed by atoms with Gasteiger partial charge in [-0.2, -0.15) is 0 Å². The molecule has 1 rings (SSSR count). The summed E-state index contributed by atoms with van der Waals surface area (Å²) in [6.07, 6.45) is 0. The summed E-state index contributed by atoms with van der Waals surface area (Å²) in [6, 6.07) is 3.80.